The van der Waals surface area contributed by atoms with Gasteiger partial charge in [-0.3, -0.25) is 4.79 Å². The van der Waals surface area contributed by atoms with E-state index in [1.165, 1.54) is 17.8 Å². The molecule has 150 valence electrons. The van der Waals surface area contributed by atoms with Gasteiger partial charge in [0.25, 0.3) is 0 Å². The van der Waals surface area contributed by atoms with E-state index in [2.05, 4.69) is 20.2 Å². The summed E-state index contributed by atoms with van der Waals surface area (Å²) in [5.74, 6) is 0.682. The number of hydrogen-bond acceptors (Lipinski definition) is 6. The van der Waals surface area contributed by atoms with Gasteiger partial charge >= 0.3 is 0 Å². The van der Waals surface area contributed by atoms with E-state index in [0.717, 1.165) is 5.82 Å². The van der Waals surface area contributed by atoms with Gasteiger partial charge in [-0.05, 0) is 26.0 Å². The smallest absolute Gasteiger partial charge is 0.230 e. The van der Waals surface area contributed by atoms with Gasteiger partial charge in [0.1, 0.15) is 16.8 Å². The Morgan fingerprint density at radius 1 is 1.21 bits per heavy atom. The number of thioether (sulfide) groups is 1. The fraction of sp³-hybridized carbons (Fsp3) is 0.421. The van der Waals surface area contributed by atoms with Crippen LogP contribution in [0.5, 0.6) is 0 Å². The van der Waals surface area contributed by atoms with Crippen LogP contribution in [0.3, 0.4) is 0 Å². The number of carbonyl (C=O) groups excluding carboxylic acids is 1. The number of piperazine rings is 1. The number of nitrogens with one attached hydrogen (secondary N) is 1. The number of rotatable bonds is 6. The van der Waals surface area contributed by atoms with Crippen LogP contribution in [0.2, 0.25) is 5.15 Å². The summed E-state index contributed by atoms with van der Waals surface area (Å²) in [6.07, 6.45) is 0. The van der Waals surface area contributed by atoms with Gasteiger partial charge in [0.15, 0.2) is 5.16 Å². The molecule has 6 nitrogen and oxygen atoms in total. The fourth-order valence-corrected chi connectivity index (χ4v) is 3.88. The molecule has 1 amide bonds. The first-order chi connectivity index (χ1) is 13.4. The Balaban J connectivity index is 1.62. The Bertz CT molecular complexity index is 830. The maximum absolute atomic E-state index is 14.0. The lowest BCUT2D eigenvalue weighted by Crippen LogP contribution is -2.47. The molecule has 0 unspecified atom stereocenters. The normalized spacial score (nSPS) is 14.5. The first kappa shape index (κ1) is 20.7. The molecule has 1 aromatic carbocycles. The number of benzene rings is 1. The number of carbonyl (C=O) groups is 1. The largest absolute Gasteiger partial charge is 0.366 e. The van der Waals surface area contributed by atoms with Crippen molar-refractivity contribution in [3.05, 3.63) is 41.3 Å². The molecule has 0 atom stereocenters. The lowest BCUT2D eigenvalue weighted by Gasteiger charge is -2.36. The van der Waals surface area contributed by atoms with Crippen molar-refractivity contribution in [1.29, 1.82) is 0 Å². The summed E-state index contributed by atoms with van der Waals surface area (Å²) < 4.78 is 14.0. The molecule has 1 aromatic heterocycles. The zero-order chi connectivity index (χ0) is 20.1. The van der Waals surface area contributed by atoms with Gasteiger partial charge in [-0.25, -0.2) is 14.4 Å². The molecule has 1 fully saturated rings. The molecule has 1 N–H and O–H groups in total. The Morgan fingerprint density at radius 3 is 2.57 bits per heavy atom. The van der Waals surface area contributed by atoms with E-state index in [1.54, 1.807) is 18.2 Å². The van der Waals surface area contributed by atoms with Crippen LogP contribution in [-0.4, -0.2) is 53.8 Å². The van der Waals surface area contributed by atoms with Crippen molar-refractivity contribution < 1.29 is 9.18 Å². The monoisotopic (exact) mass is 423 g/mol. The molecule has 0 aliphatic carbocycles. The van der Waals surface area contributed by atoms with Crippen molar-refractivity contribution in [3.63, 3.8) is 0 Å². The summed E-state index contributed by atoms with van der Waals surface area (Å²) in [5.41, 5.74) is 0.621. The number of anilines is 2. The molecule has 1 aliphatic heterocycles. The number of hydrogen-bond donors (Lipinski definition) is 1. The minimum absolute atomic E-state index is 0.0661. The van der Waals surface area contributed by atoms with Crippen molar-refractivity contribution in [2.24, 2.45) is 0 Å². The second-order valence-electron chi connectivity index (χ2n) is 6.77. The minimum atomic E-state index is -0.209. The van der Waals surface area contributed by atoms with E-state index in [0.29, 0.717) is 42.2 Å². The number of aromatic nitrogens is 2. The molecule has 2 heterocycles. The molecule has 0 saturated carbocycles. The second-order valence-corrected chi connectivity index (χ2v) is 8.10. The summed E-state index contributed by atoms with van der Waals surface area (Å²) in [6.45, 7) is 6.58. The van der Waals surface area contributed by atoms with E-state index in [4.69, 9.17) is 11.6 Å². The Labute approximate surface area is 173 Å². The first-order valence-corrected chi connectivity index (χ1v) is 10.5. The summed E-state index contributed by atoms with van der Waals surface area (Å²) in [7, 11) is 0. The van der Waals surface area contributed by atoms with Gasteiger partial charge in [0.2, 0.25) is 5.91 Å². The SMILES string of the molecule is CC(C)NC(=O)CSc1nc(Cl)cc(N2CCN(c3ccccc3F)CC2)n1. The third-order valence-corrected chi connectivity index (χ3v) is 5.28. The Kier molecular flexibility index (Phi) is 6.96. The molecule has 0 radical (unpaired) electrons. The molecule has 1 aliphatic rings. The van der Waals surface area contributed by atoms with Crippen LogP contribution in [-0.2, 0) is 4.79 Å². The topological polar surface area (TPSA) is 61.4 Å². The maximum atomic E-state index is 14.0. The molecule has 0 spiro atoms. The van der Waals surface area contributed by atoms with Gasteiger partial charge in [-0.2, -0.15) is 0 Å². The number of para-hydroxylation sites is 1. The van der Waals surface area contributed by atoms with E-state index in [9.17, 15) is 9.18 Å². The lowest BCUT2D eigenvalue weighted by atomic mass is 10.2. The van der Waals surface area contributed by atoms with E-state index >= 15 is 0 Å². The highest BCUT2D eigenvalue weighted by atomic mass is 35.5. The predicted octanol–water partition coefficient (Wildman–Crippen LogP) is 3.21. The molecule has 28 heavy (non-hydrogen) atoms. The number of amides is 1. The highest BCUT2D eigenvalue weighted by Crippen LogP contribution is 2.25. The quantitative estimate of drug-likeness (QED) is 0.437. The third kappa shape index (κ3) is 5.48. The molecular weight excluding hydrogens is 401 g/mol. The standard InChI is InChI=1S/C19H23ClFN5OS/c1-13(2)22-18(27)12-28-19-23-16(20)11-17(24-19)26-9-7-25(8-10-26)15-6-4-3-5-14(15)21/h3-6,11,13H,7-10,12H2,1-2H3,(H,22,27). The lowest BCUT2D eigenvalue weighted by molar-refractivity contribution is -0.119. The van der Waals surface area contributed by atoms with Crippen molar-refractivity contribution in [2.45, 2.75) is 25.0 Å². The van der Waals surface area contributed by atoms with Crippen molar-refractivity contribution >= 4 is 40.8 Å². The third-order valence-electron chi connectivity index (χ3n) is 4.24. The van der Waals surface area contributed by atoms with Crippen molar-refractivity contribution in [1.82, 2.24) is 15.3 Å². The first-order valence-electron chi connectivity index (χ1n) is 9.13. The van der Waals surface area contributed by atoms with Crippen LogP contribution in [0.1, 0.15) is 13.8 Å². The minimum Gasteiger partial charge on any atom is -0.366 e. The van der Waals surface area contributed by atoms with E-state index < -0.39 is 0 Å². The fourth-order valence-electron chi connectivity index (χ4n) is 2.99. The van der Waals surface area contributed by atoms with Crippen LogP contribution in [0.15, 0.2) is 35.5 Å². The molecule has 9 heteroatoms. The van der Waals surface area contributed by atoms with Crippen molar-refractivity contribution in [3.8, 4) is 0 Å². The molecule has 0 bridgehead atoms. The van der Waals surface area contributed by atoms with E-state index in [-0.39, 0.29) is 23.5 Å². The van der Waals surface area contributed by atoms with E-state index in [1.807, 2.05) is 24.8 Å². The number of halogens is 2. The molecule has 3 rings (SSSR count). The van der Waals surface area contributed by atoms with Crippen LogP contribution in [0, 0.1) is 5.82 Å². The average molecular weight is 424 g/mol. The predicted molar refractivity (Wildman–Crippen MR) is 112 cm³/mol. The van der Waals surface area contributed by atoms with Gasteiger partial charge in [-0.1, -0.05) is 35.5 Å². The van der Waals surface area contributed by atoms with Crippen LogP contribution in [0.4, 0.5) is 15.9 Å². The Morgan fingerprint density at radius 2 is 1.89 bits per heavy atom. The highest BCUT2D eigenvalue weighted by Gasteiger charge is 2.21. The zero-order valence-electron chi connectivity index (χ0n) is 15.9. The van der Waals surface area contributed by atoms with Crippen LogP contribution >= 0.6 is 23.4 Å². The summed E-state index contributed by atoms with van der Waals surface area (Å²) in [6, 6.07) is 8.62. The highest BCUT2D eigenvalue weighted by molar-refractivity contribution is 7.99. The van der Waals surface area contributed by atoms with Gasteiger partial charge in [0.05, 0.1) is 11.4 Å². The summed E-state index contributed by atoms with van der Waals surface area (Å²) >= 11 is 7.42. The summed E-state index contributed by atoms with van der Waals surface area (Å²) in [5, 5.41) is 3.65. The van der Waals surface area contributed by atoms with Crippen LogP contribution in [0.25, 0.3) is 0 Å². The molecule has 2 aromatic rings. The zero-order valence-corrected chi connectivity index (χ0v) is 17.4. The van der Waals surface area contributed by atoms with Gasteiger partial charge < -0.3 is 15.1 Å². The second kappa shape index (κ2) is 9.43. The summed E-state index contributed by atoms with van der Waals surface area (Å²) in [4.78, 5) is 24.7. The van der Waals surface area contributed by atoms with Gasteiger partial charge in [0, 0.05) is 38.3 Å². The Hall–Kier alpha value is -2.06. The average Bonchev–Trinajstić information content (AvgIpc) is 2.66. The maximum Gasteiger partial charge on any atom is 0.230 e. The molecular formula is C19H23ClFN5OS. The van der Waals surface area contributed by atoms with Crippen LogP contribution < -0.4 is 15.1 Å². The number of nitrogens with zero attached hydrogens (tertiary/aromatic N) is 4. The van der Waals surface area contributed by atoms with Gasteiger partial charge in [-0.15, -0.1) is 0 Å². The van der Waals surface area contributed by atoms with Crippen molar-refractivity contribution in [2.75, 3.05) is 41.7 Å². The molecule has 1 saturated heterocycles.